The van der Waals surface area contributed by atoms with Crippen molar-refractivity contribution in [1.29, 1.82) is 0 Å². The van der Waals surface area contributed by atoms with Crippen LogP contribution in [0.4, 0.5) is 19.3 Å². The van der Waals surface area contributed by atoms with Gasteiger partial charge in [-0.15, -0.1) is 0 Å². The number of alkyl halides is 2. The summed E-state index contributed by atoms with van der Waals surface area (Å²) in [4.78, 5) is 40.6. The number of rotatable bonds is 9. The number of nitrogens with zero attached hydrogens (tertiary/aromatic N) is 2. The van der Waals surface area contributed by atoms with Gasteiger partial charge >= 0.3 is 18.6 Å². The molecule has 2 aromatic carbocycles. The number of hydrogen-bond donors (Lipinski definition) is 3. The molecule has 2 rings (SSSR count). The van der Waals surface area contributed by atoms with Crippen LogP contribution in [0.5, 0.6) is 5.75 Å². The van der Waals surface area contributed by atoms with Gasteiger partial charge < -0.3 is 15.2 Å². The second-order valence-electron chi connectivity index (χ2n) is 7.07. The van der Waals surface area contributed by atoms with Gasteiger partial charge in [-0.05, 0) is 36.8 Å². The second kappa shape index (κ2) is 12.1. The normalized spacial score (nSPS) is 12.1. The van der Waals surface area contributed by atoms with E-state index in [9.17, 15) is 23.2 Å². The molecule has 0 fully saturated rings. The highest BCUT2D eigenvalue weighted by Crippen LogP contribution is 2.20. The minimum atomic E-state index is -2.98. The van der Waals surface area contributed by atoms with E-state index in [4.69, 9.17) is 5.11 Å². The molecule has 176 valence electrons. The number of halogens is 2. The molecule has 0 aliphatic carbocycles. The first-order valence-corrected chi connectivity index (χ1v) is 9.87. The Labute approximate surface area is 189 Å². The predicted octanol–water partition coefficient (Wildman–Crippen LogP) is 3.26. The van der Waals surface area contributed by atoms with Gasteiger partial charge in [0.25, 0.3) is 0 Å². The van der Waals surface area contributed by atoms with Crippen molar-refractivity contribution < 1.29 is 33.0 Å². The molecular formula is C22H24F2N4O5. The zero-order chi connectivity index (χ0) is 24.4. The molecule has 0 aliphatic rings. The summed E-state index contributed by atoms with van der Waals surface area (Å²) >= 11 is 0. The summed E-state index contributed by atoms with van der Waals surface area (Å²) in [5.74, 6) is -2.14. The molecule has 33 heavy (non-hydrogen) atoms. The Morgan fingerprint density at radius 2 is 1.79 bits per heavy atom. The van der Waals surface area contributed by atoms with Crippen molar-refractivity contribution in [3.8, 4) is 5.75 Å². The van der Waals surface area contributed by atoms with Crippen LogP contribution in [0.2, 0.25) is 0 Å². The van der Waals surface area contributed by atoms with E-state index in [1.54, 1.807) is 12.1 Å². The zero-order valence-corrected chi connectivity index (χ0v) is 18.0. The number of amides is 3. The Hall–Kier alpha value is -4.02. The number of carboxylic acid groups (broad SMARTS) is 1. The number of guanidine groups is 1. The Balaban J connectivity index is 2.34. The smallest absolute Gasteiger partial charge is 0.387 e. The van der Waals surface area contributed by atoms with Crippen LogP contribution in [0.1, 0.15) is 18.1 Å². The molecule has 0 aromatic heterocycles. The Bertz CT molecular complexity index is 981. The van der Waals surface area contributed by atoms with E-state index in [-0.39, 0.29) is 30.5 Å². The molecule has 0 saturated carbocycles. The van der Waals surface area contributed by atoms with Gasteiger partial charge in [-0.3, -0.25) is 19.8 Å². The maximum Gasteiger partial charge on any atom is 0.387 e. The van der Waals surface area contributed by atoms with Gasteiger partial charge in [-0.2, -0.15) is 8.78 Å². The molecule has 0 spiro atoms. The Morgan fingerprint density at radius 3 is 2.33 bits per heavy atom. The molecule has 0 aliphatic heterocycles. The molecule has 0 heterocycles. The summed E-state index contributed by atoms with van der Waals surface area (Å²) in [7, 11) is 0. The van der Waals surface area contributed by atoms with Crippen LogP contribution in [0.15, 0.2) is 53.5 Å². The fourth-order valence-corrected chi connectivity index (χ4v) is 2.59. The van der Waals surface area contributed by atoms with Crippen molar-refractivity contribution in [2.75, 3.05) is 6.54 Å². The van der Waals surface area contributed by atoms with Crippen molar-refractivity contribution in [3.63, 3.8) is 0 Å². The largest absolute Gasteiger partial charge is 0.481 e. The van der Waals surface area contributed by atoms with Crippen LogP contribution >= 0.6 is 0 Å². The number of carbonyl (C=O) groups is 3. The number of aliphatic imine (C=N–C) groups is 1. The average Bonchev–Trinajstić information content (AvgIpc) is 2.77. The first kappa shape index (κ1) is 25.2. The van der Waals surface area contributed by atoms with E-state index in [0.717, 1.165) is 16.0 Å². The number of ether oxygens (including phenoxy) is 1. The van der Waals surface area contributed by atoms with Crippen LogP contribution in [0, 0.1) is 12.8 Å². The fourth-order valence-electron chi connectivity index (χ4n) is 2.59. The molecule has 0 radical (unpaired) electrons. The van der Waals surface area contributed by atoms with E-state index in [2.05, 4.69) is 20.4 Å². The minimum absolute atomic E-state index is 0.0137. The van der Waals surface area contributed by atoms with Gasteiger partial charge in [0.2, 0.25) is 12.4 Å². The Kier molecular flexibility index (Phi) is 9.28. The van der Waals surface area contributed by atoms with Gasteiger partial charge in [0, 0.05) is 6.54 Å². The molecule has 3 N–H and O–H groups in total. The second-order valence-corrected chi connectivity index (χ2v) is 7.07. The first-order chi connectivity index (χ1) is 15.7. The van der Waals surface area contributed by atoms with Crippen LogP contribution in [-0.4, -0.2) is 47.5 Å². The topological polar surface area (TPSA) is 120 Å². The monoisotopic (exact) mass is 462 g/mol. The third-order valence-corrected chi connectivity index (χ3v) is 4.43. The molecule has 11 heteroatoms. The molecule has 1 atom stereocenters. The van der Waals surface area contributed by atoms with Crippen LogP contribution in [0.25, 0.3) is 0 Å². The lowest BCUT2D eigenvalue weighted by Crippen LogP contribution is -2.49. The number of nitrogens with one attached hydrogen (secondary N) is 2. The third kappa shape index (κ3) is 8.20. The van der Waals surface area contributed by atoms with Gasteiger partial charge in [-0.25, -0.2) is 9.79 Å². The van der Waals surface area contributed by atoms with Gasteiger partial charge in [-0.1, -0.05) is 36.8 Å². The van der Waals surface area contributed by atoms with Gasteiger partial charge in [0.1, 0.15) is 5.75 Å². The summed E-state index contributed by atoms with van der Waals surface area (Å²) in [5, 5.41) is 13.9. The summed E-state index contributed by atoms with van der Waals surface area (Å²) in [6.45, 7) is 0.235. The van der Waals surface area contributed by atoms with Crippen molar-refractivity contribution in [1.82, 2.24) is 15.5 Å². The number of carboxylic acids is 1. The predicted molar refractivity (Wildman–Crippen MR) is 116 cm³/mol. The number of carbonyl (C=O) groups excluding carboxylic acids is 2. The quantitative estimate of drug-likeness (QED) is 0.300. The van der Waals surface area contributed by atoms with E-state index >= 15 is 0 Å². The number of aliphatic carboxylic acids is 1. The molecule has 0 saturated heterocycles. The number of urea groups is 1. The fraction of sp³-hybridized carbons (Fsp3) is 0.273. The zero-order valence-electron chi connectivity index (χ0n) is 18.0. The molecular weight excluding hydrogens is 438 g/mol. The van der Waals surface area contributed by atoms with Crippen molar-refractivity contribution in [2.24, 2.45) is 10.9 Å². The van der Waals surface area contributed by atoms with Crippen LogP contribution in [0.3, 0.4) is 0 Å². The number of hydrogen-bond acceptors (Lipinski definition) is 5. The van der Waals surface area contributed by atoms with Crippen molar-refractivity contribution >= 4 is 30.1 Å². The highest BCUT2D eigenvalue weighted by Gasteiger charge is 2.22. The van der Waals surface area contributed by atoms with Crippen LogP contribution in [-0.2, 0) is 16.1 Å². The molecule has 0 unspecified atom stereocenters. The maximum atomic E-state index is 12.9. The van der Waals surface area contributed by atoms with E-state index in [1.165, 1.54) is 31.2 Å². The number of aryl methyl sites for hydroxylation is 1. The van der Waals surface area contributed by atoms with Crippen LogP contribution < -0.4 is 15.4 Å². The third-order valence-electron chi connectivity index (χ3n) is 4.43. The van der Waals surface area contributed by atoms with E-state index in [1.807, 2.05) is 19.1 Å². The Morgan fingerprint density at radius 1 is 1.15 bits per heavy atom. The number of benzene rings is 2. The van der Waals surface area contributed by atoms with Gasteiger partial charge in [0.05, 0.1) is 18.2 Å². The lowest BCUT2D eigenvalue weighted by molar-refractivity contribution is -0.140. The van der Waals surface area contributed by atoms with Crippen molar-refractivity contribution in [2.45, 2.75) is 27.0 Å². The molecule has 3 amide bonds. The highest BCUT2D eigenvalue weighted by molar-refractivity contribution is 6.01. The van der Waals surface area contributed by atoms with Crippen molar-refractivity contribution in [3.05, 3.63) is 59.7 Å². The highest BCUT2D eigenvalue weighted by atomic mass is 19.3. The van der Waals surface area contributed by atoms with E-state index in [0.29, 0.717) is 6.41 Å². The molecule has 9 nitrogen and oxygen atoms in total. The maximum absolute atomic E-state index is 12.9. The molecule has 0 bridgehead atoms. The minimum Gasteiger partial charge on any atom is -0.481 e. The lowest BCUT2D eigenvalue weighted by atomic mass is 10.1. The summed E-state index contributed by atoms with van der Waals surface area (Å²) in [6.07, 6.45) is 0.336. The van der Waals surface area contributed by atoms with E-state index < -0.39 is 24.5 Å². The first-order valence-electron chi connectivity index (χ1n) is 9.87. The lowest BCUT2D eigenvalue weighted by Gasteiger charge is -2.24. The summed E-state index contributed by atoms with van der Waals surface area (Å²) in [5.41, 5.74) is 1.99. The van der Waals surface area contributed by atoms with Gasteiger partial charge in [0.15, 0.2) is 0 Å². The summed E-state index contributed by atoms with van der Waals surface area (Å²) in [6, 6.07) is 11.9. The SMILES string of the molecule is Cc1ccc(CN(C(=O)NC[C@H](C)C(=O)O)C(=Nc2ccc(OC(F)F)cc2)NC=O)cc1. The molecule has 2 aromatic rings. The summed E-state index contributed by atoms with van der Waals surface area (Å²) < 4.78 is 29.0. The standard InChI is InChI=1S/C22H24F2N4O5/c1-14-3-5-16(6-4-14)12-28(22(32)25-11-15(2)19(30)31)21(26-13-29)27-17-7-9-18(10-8-17)33-20(23)24/h3-10,13,15,20H,11-12H2,1-2H3,(H,25,32)(H,30,31)(H,26,27,29)/t15-/m0/s1. The average molecular weight is 462 g/mol.